The Hall–Kier alpha value is -1.71. The number of aliphatic hydroxyl groups is 4. The lowest BCUT2D eigenvalue weighted by molar-refractivity contribution is -0.366. The molecule has 5 atom stereocenters. The fourth-order valence-electron chi connectivity index (χ4n) is 5.15. The summed E-state index contributed by atoms with van der Waals surface area (Å²) in [5.74, 6) is -0.944. The van der Waals surface area contributed by atoms with Crippen molar-refractivity contribution in [2.75, 3.05) is 20.3 Å². The number of aliphatic hydroxyl groups excluding tert-OH is 4. The molecule has 1 saturated carbocycles. The van der Waals surface area contributed by atoms with Gasteiger partial charge in [-0.15, -0.1) is 0 Å². The van der Waals surface area contributed by atoms with Crippen molar-refractivity contribution < 1.29 is 34.6 Å². The van der Waals surface area contributed by atoms with Gasteiger partial charge in [-0.3, -0.25) is 0 Å². The Bertz CT molecular complexity index is 990. The minimum atomic E-state index is -1.78. The lowest BCUT2D eigenvalue weighted by Crippen LogP contribution is -2.64. The largest absolute Gasteiger partial charge is 0.493 e. The highest BCUT2D eigenvalue weighted by molar-refractivity contribution is 6.31. The summed E-state index contributed by atoms with van der Waals surface area (Å²) in [6.45, 7) is 2.45. The van der Waals surface area contributed by atoms with Crippen molar-refractivity contribution in [3.63, 3.8) is 0 Å². The average molecular weight is 507 g/mol. The molecule has 7 nitrogen and oxygen atoms in total. The van der Waals surface area contributed by atoms with E-state index in [1.807, 2.05) is 24.3 Å². The number of hydrogen-bond acceptors (Lipinski definition) is 7. The molecule has 0 radical (unpaired) electrons. The molecule has 35 heavy (non-hydrogen) atoms. The predicted molar refractivity (Wildman–Crippen MR) is 131 cm³/mol. The monoisotopic (exact) mass is 506 g/mol. The van der Waals surface area contributed by atoms with Gasteiger partial charge in [0.1, 0.15) is 30.2 Å². The molecule has 1 aliphatic heterocycles. The van der Waals surface area contributed by atoms with Gasteiger partial charge >= 0.3 is 0 Å². The third-order valence-electron chi connectivity index (χ3n) is 7.42. The van der Waals surface area contributed by atoms with Crippen LogP contribution in [0.2, 0.25) is 5.02 Å². The normalized spacial score (nSPS) is 30.4. The lowest BCUT2D eigenvalue weighted by atomic mass is 9.87. The van der Waals surface area contributed by atoms with Crippen molar-refractivity contribution in [1.82, 2.24) is 0 Å². The molecule has 4 rings (SSSR count). The van der Waals surface area contributed by atoms with Crippen molar-refractivity contribution in [2.24, 2.45) is 5.41 Å². The number of ether oxygens (including phenoxy) is 3. The number of hydrogen-bond donors (Lipinski definition) is 4. The van der Waals surface area contributed by atoms with Gasteiger partial charge in [-0.2, -0.15) is 0 Å². The van der Waals surface area contributed by atoms with E-state index in [1.165, 1.54) is 32.8 Å². The van der Waals surface area contributed by atoms with Crippen molar-refractivity contribution in [2.45, 2.75) is 69.2 Å². The second-order valence-electron chi connectivity index (χ2n) is 10.1. The molecule has 1 heterocycles. The maximum absolute atomic E-state index is 10.8. The van der Waals surface area contributed by atoms with Gasteiger partial charge < -0.3 is 34.6 Å². The first kappa shape index (κ1) is 26.4. The first-order valence-corrected chi connectivity index (χ1v) is 12.5. The van der Waals surface area contributed by atoms with E-state index in [9.17, 15) is 20.4 Å². The topological polar surface area (TPSA) is 109 Å². The van der Waals surface area contributed by atoms with Crippen LogP contribution in [-0.4, -0.2) is 65.2 Å². The van der Waals surface area contributed by atoms with Gasteiger partial charge in [-0.05, 0) is 54.7 Å². The Labute approximate surface area is 211 Å². The molecule has 192 valence electrons. The van der Waals surface area contributed by atoms with Crippen LogP contribution in [0.4, 0.5) is 0 Å². The summed E-state index contributed by atoms with van der Waals surface area (Å²) < 4.78 is 17.4. The van der Waals surface area contributed by atoms with Crippen LogP contribution in [-0.2, 0) is 21.7 Å². The maximum atomic E-state index is 10.8. The van der Waals surface area contributed by atoms with Crippen LogP contribution in [0, 0.1) is 5.41 Å². The van der Waals surface area contributed by atoms with Crippen LogP contribution in [0.25, 0.3) is 0 Å². The molecule has 2 fully saturated rings. The zero-order valence-electron chi connectivity index (χ0n) is 20.2. The van der Waals surface area contributed by atoms with E-state index in [1.54, 1.807) is 18.2 Å². The fraction of sp³-hybridized carbons (Fsp3) is 0.556. The van der Waals surface area contributed by atoms with E-state index < -0.39 is 36.8 Å². The Morgan fingerprint density at radius 3 is 2.34 bits per heavy atom. The quantitative estimate of drug-likeness (QED) is 0.435. The Balaban J connectivity index is 1.52. The molecular formula is C27H35ClO7. The van der Waals surface area contributed by atoms with Gasteiger partial charge in [-0.1, -0.05) is 49.6 Å². The van der Waals surface area contributed by atoms with Crippen molar-refractivity contribution in [3.05, 3.63) is 64.2 Å². The fourth-order valence-corrected chi connectivity index (χ4v) is 5.33. The number of rotatable bonds is 8. The van der Waals surface area contributed by atoms with Crippen LogP contribution < -0.4 is 4.74 Å². The molecule has 1 unspecified atom stereocenters. The molecule has 1 aliphatic carbocycles. The van der Waals surface area contributed by atoms with E-state index in [-0.39, 0.29) is 5.41 Å². The van der Waals surface area contributed by atoms with E-state index in [0.717, 1.165) is 23.5 Å². The Kier molecular flexibility index (Phi) is 8.08. The number of benzene rings is 2. The summed E-state index contributed by atoms with van der Waals surface area (Å²) in [5.41, 5.74) is 2.46. The molecule has 2 aromatic rings. The summed E-state index contributed by atoms with van der Waals surface area (Å²) in [7, 11) is 1.33. The molecule has 8 heteroatoms. The minimum Gasteiger partial charge on any atom is -0.493 e. The second-order valence-corrected chi connectivity index (χ2v) is 10.5. The highest BCUT2D eigenvalue weighted by atomic mass is 35.5. The van der Waals surface area contributed by atoms with E-state index >= 15 is 0 Å². The second kappa shape index (κ2) is 10.7. The molecule has 2 aromatic carbocycles. The highest BCUT2D eigenvalue weighted by Gasteiger charge is 2.55. The van der Waals surface area contributed by atoms with Crippen molar-refractivity contribution in [3.8, 4) is 5.75 Å². The first-order chi connectivity index (χ1) is 16.7. The smallest absolute Gasteiger partial charge is 0.224 e. The van der Waals surface area contributed by atoms with Gasteiger partial charge in [0.15, 0.2) is 0 Å². The van der Waals surface area contributed by atoms with Gasteiger partial charge in [-0.25, -0.2) is 0 Å². The lowest BCUT2D eigenvalue weighted by Gasteiger charge is -2.47. The van der Waals surface area contributed by atoms with Crippen molar-refractivity contribution >= 4 is 11.6 Å². The van der Waals surface area contributed by atoms with Crippen molar-refractivity contribution in [1.29, 1.82) is 0 Å². The standard InChI is InChI=1S/C27H35ClO7/c1-26(11-3-4-12-26)16-34-20-8-5-17(6-9-20)13-18-14-19(7-10-21(18)28)27(33-2)25(32)24(31)23(30)22(15-29)35-27/h5-10,14,22-25,29-32H,3-4,11-13,15-16H2,1-2H3/t22-,23-,24+,25-,27?/m1/s1. The van der Waals surface area contributed by atoms with Crippen LogP contribution in [0.15, 0.2) is 42.5 Å². The SMILES string of the molecule is COC1(c2ccc(Cl)c(Cc3ccc(OCC4(C)CCCC4)cc3)c2)O[C@H](CO)[C@@H](O)[C@H](O)[C@H]1O. The third-order valence-corrected chi connectivity index (χ3v) is 7.79. The molecule has 0 spiro atoms. The summed E-state index contributed by atoms with van der Waals surface area (Å²) in [6.07, 6.45) is -0.289. The van der Waals surface area contributed by atoms with Gasteiger partial charge in [0, 0.05) is 23.1 Å². The number of methoxy groups -OCH3 is 1. The van der Waals surface area contributed by atoms with Crippen LogP contribution in [0.3, 0.4) is 0 Å². The summed E-state index contributed by atoms with van der Waals surface area (Å²) in [5, 5.41) is 41.4. The molecule has 0 aromatic heterocycles. The van der Waals surface area contributed by atoms with Crippen LogP contribution in [0.5, 0.6) is 5.75 Å². The Morgan fingerprint density at radius 1 is 1.03 bits per heavy atom. The van der Waals surface area contributed by atoms with Gasteiger partial charge in [0.05, 0.1) is 13.2 Å². The summed E-state index contributed by atoms with van der Waals surface area (Å²) >= 11 is 6.49. The molecule has 0 amide bonds. The summed E-state index contributed by atoms with van der Waals surface area (Å²) in [6, 6.07) is 13.0. The number of halogens is 1. The van der Waals surface area contributed by atoms with Gasteiger partial charge in [0.25, 0.3) is 0 Å². The molecular weight excluding hydrogens is 472 g/mol. The van der Waals surface area contributed by atoms with E-state index in [0.29, 0.717) is 17.0 Å². The average Bonchev–Trinajstić information content (AvgIpc) is 3.31. The molecule has 1 saturated heterocycles. The molecule has 2 aliphatic rings. The third kappa shape index (κ3) is 5.37. The van der Waals surface area contributed by atoms with E-state index in [4.69, 9.17) is 25.8 Å². The van der Waals surface area contributed by atoms with Crippen LogP contribution in [0.1, 0.15) is 49.3 Å². The Morgan fingerprint density at radius 2 is 1.71 bits per heavy atom. The molecule has 0 bridgehead atoms. The van der Waals surface area contributed by atoms with E-state index in [2.05, 4.69) is 6.92 Å². The zero-order chi connectivity index (χ0) is 25.2. The minimum absolute atomic E-state index is 0.258. The molecule has 4 N–H and O–H groups in total. The van der Waals surface area contributed by atoms with Gasteiger partial charge in [0.2, 0.25) is 5.79 Å². The summed E-state index contributed by atoms with van der Waals surface area (Å²) in [4.78, 5) is 0. The van der Waals surface area contributed by atoms with Crippen LogP contribution >= 0.6 is 11.6 Å². The maximum Gasteiger partial charge on any atom is 0.224 e. The zero-order valence-corrected chi connectivity index (χ0v) is 20.9. The highest BCUT2D eigenvalue weighted by Crippen LogP contribution is 2.41. The first-order valence-electron chi connectivity index (χ1n) is 12.1. The predicted octanol–water partition coefficient (Wildman–Crippen LogP) is 3.16.